The van der Waals surface area contributed by atoms with Gasteiger partial charge in [-0.1, -0.05) is 6.58 Å². The van der Waals surface area contributed by atoms with E-state index in [1.165, 1.54) is 11.6 Å². The largest absolute Gasteiger partial charge is 0.381 e. The fourth-order valence-electron chi connectivity index (χ4n) is 4.62. The van der Waals surface area contributed by atoms with Crippen LogP contribution in [0.25, 0.3) is 11.0 Å². The molecule has 2 atom stereocenters. The van der Waals surface area contributed by atoms with Gasteiger partial charge in [-0.05, 0) is 36.8 Å². The van der Waals surface area contributed by atoms with Crippen LogP contribution < -0.4 is 5.32 Å². The van der Waals surface area contributed by atoms with Crippen LogP contribution in [0.2, 0.25) is 0 Å². The molecule has 7 heteroatoms. The highest BCUT2D eigenvalue weighted by Crippen LogP contribution is 2.52. The number of anilines is 1. The Morgan fingerprint density at radius 1 is 1.42 bits per heavy atom. The number of H-pyrrole nitrogens is 1. The van der Waals surface area contributed by atoms with Crippen molar-refractivity contribution in [3.05, 3.63) is 30.7 Å². The molecule has 0 aromatic carbocycles. The Kier molecular flexibility index (Phi) is 3.53. The minimum Gasteiger partial charge on any atom is -0.381 e. The number of fused-ring (bicyclic) bond motifs is 2. The standard InChI is InChI=1S/C19H23N5O2/c1-2-15(25)24-9-13-7-19(13,10-24)23-18-16-14(12-3-5-26-6-4-12)8-20-17(16)21-11-22-18/h2,8,11-13H,1,3-7,9-10H2,(H2,20,21,22,23). The molecule has 136 valence electrons. The summed E-state index contributed by atoms with van der Waals surface area (Å²) in [6.07, 6.45) is 8.20. The Morgan fingerprint density at radius 2 is 2.27 bits per heavy atom. The lowest BCUT2D eigenvalue weighted by Gasteiger charge is -2.23. The molecule has 2 aromatic rings. The van der Waals surface area contributed by atoms with Crippen molar-refractivity contribution in [2.45, 2.75) is 30.7 Å². The molecule has 2 saturated heterocycles. The second kappa shape index (κ2) is 5.81. The first-order valence-electron chi connectivity index (χ1n) is 9.29. The van der Waals surface area contributed by atoms with Crippen molar-refractivity contribution >= 4 is 22.8 Å². The van der Waals surface area contributed by atoms with Crippen molar-refractivity contribution < 1.29 is 9.53 Å². The molecule has 1 aliphatic carbocycles. The third kappa shape index (κ3) is 2.41. The number of hydrogen-bond donors (Lipinski definition) is 2. The summed E-state index contributed by atoms with van der Waals surface area (Å²) < 4.78 is 5.51. The van der Waals surface area contributed by atoms with Gasteiger partial charge in [0.2, 0.25) is 5.91 Å². The Balaban J connectivity index is 1.45. The topological polar surface area (TPSA) is 83.1 Å². The van der Waals surface area contributed by atoms with Crippen molar-refractivity contribution in [1.29, 1.82) is 0 Å². The number of aromatic amines is 1. The van der Waals surface area contributed by atoms with E-state index in [4.69, 9.17) is 4.74 Å². The highest BCUT2D eigenvalue weighted by atomic mass is 16.5. The second-order valence-electron chi connectivity index (χ2n) is 7.68. The van der Waals surface area contributed by atoms with Crippen LogP contribution in [0.4, 0.5) is 5.82 Å². The van der Waals surface area contributed by atoms with Crippen molar-refractivity contribution in [2.75, 3.05) is 31.6 Å². The number of ether oxygens (including phenoxy) is 1. The van der Waals surface area contributed by atoms with Gasteiger partial charge in [0.05, 0.1) is 10.9 Å². The number of carbonyl (C=O) groups excluding carboxylic acids is 1. The Hall–Kier alpha value is -2.41. The fourth-order valence-corrected chi connectivity index (χ4v) is 4.62. The van der Waals surface area contributed by atoms with Gasteiger partial charge in [-0.15, -0.1) is 0 Å². The maximum atomic E-state index is 11.9. The first kappa shape index (κ1) is 15.8. The number of rotatable bonds is 4. The molecule has 0 spiro atoms. The first-order chi connectivity index (χ1) is 12.7. The SMILES string of the molecule is C=CC(=O)N1CC2CC2(Nc2ncnc3[nH]cc(C4CCOCC4)c23)C1. The lowest BCUT2D eigenvalue weighted by Crippen LogP contribution is -2.35. The van der Waals surface area contributed by atoms with Gasteiger partial charge in [0.1, 0.15) is 17.8 Å². The summed E-state index contributed by atoms with van der Waals surface area (Å²) in [7, 11) is 0. The van der Waals surface area contributed by atoms with Gasteiger partial charge in [-0.25, -0.2) is 9.97 Å². The van der Waals surface area contributed by atoms with Crippen LogP contribution in [0.5, 0.6) is 0 Å². The molecule has 26 heavy (non-hydrogen) atoms. The molecule has 1 amide bonds. The molecule has 7 nitrogen and oxygen atoms in total. The summed E-state index contributed by atoms with van der Waals surface area (Å²) in [6.45, 7) is 6.72. The third-order valence-electron chi connectivity index (χ3n) is 6.16. The van der Waals surface area contributed by atoms with Gasteiger partial charge in [0, 0.05) is 38.4 Å². The molecule has 2 N–H and O–H groups in total. The normalized spacial score (nSPS) is 28.2. The highest BCUT2D eigenvalue weighted by Gasteiger charge is 2.61. The van der Waals surface area contributed by atoms with Crippen LogP contribution >= 0.6 is 0 Å². The van der Waals surface area contributed by atoms with Gasteiger partial charge in [0.25, 0.3) is 0 Å². The molecule has 3 fully saturated rings. The van der Waals surface area contributed by atoms with Crippen LogP contribution in [-0.4, -0.2) is 57.6 Å². The smallest absolute Gasteiger partial charge is 0.246 e. The zero-order chi connectivity index (χ0) is 17.7. The summed E-state index contributed by atoms with van der Waals surface area (Å²) in [5, 5.41) is 4.77. The summed E-state index contributed by atoms with van der Waals surface area (Å²) in [4.78, 5) is 26.1. The van der Waals surface area contributed by atoms with Crippen LogP contribution in [-0.2, 0) is 9.53 Å². The van der Waals surface area contributed by atoms with Crippen LogP contribution in [0.15, 0.2) is 25.2 Å². The molecular weight excluding hydrogens is 330 g/mol. The number of piperidine rings is 1. The number of nitrogens with one attached hydrogen (secondary N) is 2. The molecular formula is C19H23N5O2. The van der Waals surface area contributed by atoms with E-state index in [1.807, 2.05) is 4.90 Å². The third-order valence-corrected chi connectivity index (χ3v) is 6.16. The Morgan fingerprint density at radius 3 is 3.08 bits per heavy atom. The van der Waals surface area contributed by atoms with Gasteiger partial charge in [0.15, 0.2) is 0 Å². The van der Waals surface area contributed by atoms with Gasteiger partial charge in [-0.3, -0.25) is 4.79 Å². The maximum absolute atomic E-state index is 11.9. The first-order valence-corrected chi connectivity index (χ1v) is 9.29. The number of aromatic nitrogens is 3. The van der Waals surface area contributed by atoms with Crippen molar-refractivity contribution in [3.8, 4) is 0 Å². The zero-order valence-electron chi connectivity index (χ0n) is 14.7. The van der Waals surface area contributed by atoms with Gasteiger partial charge >= 0.3 is 0 Å². The Labute approximate surface area is 151 Å². The van der Waals surface area contributed by atoms with E-state index >= 15 is 0 Å². The average molecular weight is 353 g/mol. The van der Waals surface area contributed by atoms with E-state index in [2.05, 4.69) is 33.0 Å². The lowest BCUT2D eigenvalue weighted by atomic mass is 9.92. The minimum absolute atomic E-state index is 0.00995. The number of nitrogens with zero attached hydrogens (tertiary/aromatic N) is 3. The number of hydrogen-bond acceptors (Lipinski definition) is 5. The zero-order valence-corrected chi connectivity index (χ0v) is 14.7. The summed E-state index contributed by atoms with van der Waals surface area (Å²) in [5.74, 6) is 1.85. The number of amides is 1. The predicted molar refractivity (Wildman–Crippen MR) is 97.9 cm³/mol. The predicted octanol–water partition coefficient (Wildman–Crippen LogP) is 2.05. The number of likely N-dealkylation sites (tertiary alicyclic amines) is 1. The molecule has 2 aliphatic heterocycles. The van der Waals surface area contributed by atoms with Crippen molar-refractivity contribution in [2.24, 2.45) is 5.92 Å². The van der Waals surface area contributed by atoms with Crippen LogP contribution in [0.3, 0.4) is 0 Å². The molecule has 3 aliphatic rings. The molecule has 5 rings (SSSR count). The lowest BCUT2D eigenvalue weighted by molar-refractivity contribution is -0.125. The summed E-state index contributed by atoms with van der Waals surface area (Å²) >= 11 is 0. The molecule has 2 aromatic heterocycles. The van der Waals surface area contributed by atoms with Crippen LogP contribution in [0, 0.1) is 5.92 Å². The quantitative estimate of drug-likeness (QED) is 0.822. The van der Waals surface area contributed by atoms with Crippen LogP contribution in [0.1, 0.15) is 30.7 Å². The van der Waals surface area contributed by atoms with E-state index in [9.17, 15) is 4.79 Å². The van der Waals surface area contributed by atoms with Crippen molar-refractivity contribution in [3.63, 3.8) is 0 Å². The van der Waals surface area contributed by atoms with Gasteiger partial charge < -0.3 is 19.9 Å². The number of carbonyl (C=O) groups is 1. The summed E-state index contributed by atoms with van der Waals surface area (Å²) in [5.41, 5.74) is 2.09. The Bertz CT molecular complexity index is 872. The minimum atomic E-state index is -0.0514. The molecule has 1 saturated carbocycles. The highest BCUT2D eigenvalue weighted by molar-refractivity contribution is 5.92. The van der Waals surface area contributed by atoms with E-state index in [0.717, 1.165) is 55.9 Å². The van der Waals surface area contributed by atoms with Gasteiger partial charge in [-0.2, -0.15) is 0 Å². The average Bonchev–Trinajstić information content (AvgIpc) is 3.03. The van der Waals surface area contributed by atoms with E-state index in [1.54, 1.807) is 6.33 Å². The maximum Gasteiger partial charge on any atom is 0.246 e. The van der Waals surface area contributed by atoms with E-state index in [-0.39, 0.29) is 11.4 Å². The van der Waals surface area contributed by atoms with E-state index in [0.29, 0.717) is 18.4 Å². The van der Waals surface area contributed by atoms with E-state index < -0.39 is 0 Å². The molecule has 0 bridgehead atoms. The summed E-state index contributed by atoms with van der Waals surface area (Å²) in [6, 6.07) is 0. The monoisotopic (exact) mass is 353 g/mol. The molecule has 4 heterocycles. The molecule has 2 unspecified atom stereocenters. The molecule has 0 radical (unpaired) electrons. The second-order valence-corrected chi connectivity index (χ2v) is 7.68. The fraction of sp³-hybridized carbons (Fsp3) is 0.526. The van der Waals surface area contributed by atoms with Crippen molar-refractivity contribution in [1.82, 2.24) is 19.9 Å².